The Hall–Kier alpha value is -1.30. The lowest BCUT2D eigenvalue weighted by molar-refractivity contribution is -0.149. The van der Waals surface area contributed by atoms with Crippen molar-refractivity contribution in [3.8, 4) is 0 Å². The highest BCUT2D eigenvalue weighted by Gasteiger charge is 2.27. The number of piperidine rings is 1. The minimum Gasteiger partial charge on any atom is -0.466 e. The zero-order valence-electron chi connectivity index (χ0n) is 14.4. The van der Waals surface area contributed by atoms with E-state index in [0.717, 1.165) is 45.0 Å². The fourth-order valence-corrected chi connectivity index (χ4v) is 2.47. The first-order valence-corrected chi connectivity index (χ1v) is 8.28. The average Bonchev–Trinajstić information content (AvgIpc) is 2.51. The van der Waals surface area contributed by atoms with Crippen LogP contribution in [-0.4, -0.2) is 63.3 Å². The highest BCUT2D eigenvalue weighted by molar-refractivity contribution is 5.80. The van der Waals surface area contributed by atoms with Gasteiger partial charge >= 0.3 is 5.97 Å². The Morgan fingerprint density at radius 3 is 2.59 bits per heavy atom. The number of hydrogen-bond donors (Lipinski definition) is 1. The highest BCUT2D eigenvalue weighted by atomic mass is 16.5. The van der Waals surface area contributed by atoms with Crippen molar-refractivity contribution in [1.29, 1.82) is 0 Å². The number of carbonyl (C=O) groups is 1. The zero-order valence-corrected chi connectivity index (χ0v) is 14.4. The summed E-state index contributed by atoms with van der Waals surface area (Å²) >= 11 is 0. The van der Waals surface area contributed by atoms with Crippen molar-refractivity contribution in [3.05, 3.63) is 0 Å². The fourth-order valence-electron chi connectivity index (χ4n) is 2.47. The van der Waals surface area contributed by atoms with Crippen LogP contribution in [-0.2, 0) is 14.3 Å². The van der Waals surface area contributed by atoms with Gasteiger partial charge in [0.05, 0.1) is 19.1 Å². The second-order valence-electron chi connectivity index (χ2n) is 5.96. The maximum Gasteiger partial charge on any atom is 0.309 e. The molecule has 0 radical (unpaired) electrons. The molecule has 0 aromatic heterocycles. The quantitative estimate of drug-likeness (QED) is 0.334. The Morgan fingerprint density at radius 2 is 2.05 bits per heavy atom. The Morgan fingerprint density at radius 1 is 1.36 bits per heavy atom. The van der Waals surface area contributed by atoms with Gasteiger partial charge in [0.1, 0.15) is 0 Å². The molecule has 1 saturated heterocycles. The summed E-state index contributed by atoms with van der Waals surface area (Å²) < 4.78 is 10.7. The minimum absolute atomic E-state index is 0.0312. The molecule has 0 aliphatic carbocycles. The summed E-state index contributed by atoms with van der Waals surface area (Å²) in [5.41, 5.74) is 0. The Balaban J connectivity index is 2.27. The third-order valence-electron chi connectivity index (χ3n) is 3.61. The summed E-state index contributed by atoms with van der Waals surface area (Å²) in [6, 6.07) is 0. The van der Waals surface area contributed by atoms with Gasteiger partial charge in [0, 0.05) is 33.3 Å². The summed E-state index contributed by atoms with van der Waals surface area (Å²) in [6.45, 7) is 10.4. The van der Waals surface area contributed by atoms with E-state index in [4.69, 9.17) is 9.47 Å². The van der Waals surface area contributed by atoms with Gasteiger partial charge in [-0.1, -0.05) is 13.8 Å². The topological polar surface area (TPSA) is 63.2 Å². The van der Waals surface area contributed by atoms with Crippen LogP contribution >= 0.6 is 0 Å². The van der Waals surface area contributed by atoms with Gasteiger partial charge in [-0.15, -0.1) is 0 Å². The SMILES string of the molecule is CCOC(=O)C1CCN(C(=NC)NCCOCC(C)C)CC1. The molecule has 6 nitrogen and oxygen atoms in total. The van der Waals surface area contributed by atoms with E-state index in [1.807, 2.05) is 6.92 Å². The number of guanidine groups is 1. The zero-order chi connectivity index (χ0) is 16.4. The van der Waals surface area contributed by atoms with Crippen LogP contribution in [0.2, 0.25) is 0 Å². The summed E-state index contributed by atoms with van der Waals surface area (Å²) in [6.07, 6.45) is 1.65. The number of nitrogens with zero attached hydrogens (tertiary/aromatic N) is 2. The number of carbonyl (C=O) groups excluding carboxylic acids is 1. The molecule has 0 amide bonds. The lowest BCUT2D eigenvalue weighted by atomic mass is 9.97. The molecular weight excluding hydrogens is 282 g/mol. The molecule has 128 valence electrons. The minimum atomic E-state index is -0.0628. The van der Waals surface area contributed by atoms with Crippen molar-refractivity contribution in [2.45, 2.75) is 33.6 Å². The van der Waals surface area contributed by atoms with Crippen LogP contribution in [0.3, 0.4) is 0 Å². The number of aliphatic imine (C=N–C) groups is 1. The predicted molar refractivity (Wildman–Crippen MR) is 87.9 cm³/mol. The second-order valence-corrected chi connectivity index (χ2v) is 5.96. The van der Waals surface area contributed by atoms with Gasteiger partial charge in [-0.3, -0.25) is 9.79 Å². The normalized spacial score (nSPS) is 17.0. The number of hydrogen-bond acceptors (Lipinski definition) is 4. The summed E-state index contributed by atoms with van der Waals surface area (Å²) in [4.78, 5) is 18.2. The van der Waals surface area contributed by atoms with Crippen LogP contribution in [0.5, 0.6) is 0 Å². The molecular formula is C16H31N3O3. The van der Waals surface area contributed by atoms with Crippen LogP contribution in [0.4, 0.5) is 0 Å². The Labute approximate surface area is 134 Å². The van der Waals surface area contributed by atoms with E-state index in [2.05, 4.69) is 29.1 Å². The van der Waals surface area contributed by atoms with E-state index in [9.17, 15) is 4.79 Å². The molecule has 1 aliphatic heterocycles. The molecule has 1 fully saturated rings. The largest absolute Gasteiger partial charge is 0.466 e. The van der Waals surface area contributed by atoms with Gasteiger partial charge < -0.3 is 19.7 Å². The van der Waals surface area contributed by atoms with E-state index in [-0.39, 0.29) is 11.9 Å². The van der Waals surface area contributed by atoms with Crippen LogP contribution < -0.4 is 5.32 Å². The first kappa shape index (κ1) is 18.7. The van der Waals surface area contributed by atoms with Crippen molar-refractivity contribution in [3.63, 3.8) is 0 Å². The first-order valence-electron chi connectivity index (χ1n) is 8.28. The molecule has 0 aromatic carbocycles. The predicted octanol–water partition coefficient (Wildman–Crippen LogP) is 1.51. The van der Waals surface area contributed by atoms with Crippen LogP contribution in [0.1, 0.15) is 33.6 Å². The molecule has 22 heavy (non-hydrogen) atoms. The molecule has 0 aromatic rings. The van der Waals surface area contributed by atoms with Crippen molar-refractivity contribution in [1.82, 2.24) is 10.2 Å². The van der Waals surface area contributed by atoms with Crippen molar-refractivity contribution < 1.29 is 14.3 Å². The molecule has 0 saturated carbocycles. The smallest absolute Gasteiger partial charge is 0.309 e. The van der Waals surface area contributed by atoms with Crippen LogP contribution in [0, 0.1) is 11.8 Å². The van der Waals surface area contributed by atoms with E-state index >= 15 is 0 Å². The van der Waals surface area contributed by atoms with E-state index in [1.165, 1.54) is 0 Å². The number of rotatable bonds is 7. The van der Waals surface area contributed by atoms with Gasteiger partial charge in [-0.05, 0) is 25.7 Å². The molecule has 1 N–H and O–H groups in total. The van der Waals surface area contributed by atoms with Gasteiger partial charge in [-0.2, -0.15) is 0 Å². The lowest BCUT2D eigenvalue weighted by Crippen LogP contribution is -2.47. The summed E-state index contributed by atoms with van der Waals surface area (Å²) in [5, 5.41) is 3.32. The number of nitrogens with one attached hydrogen (secondary N) is 1. The second kappa shape index (κ2) is 10.4. The molecule has 1 heterocycles. The standard InChI is InChI=1S/C16H31N3O3/c1-5-22-15(20)14-6-9-19(10-7-14)16(17-4)18-8-11-21-12-13(2)3/h13-14H,5-12H2,1-4H3,(H,17,18). The number of ether oxygens (including phenoxy) is 2. The van der Waals surface area contributed by atoms with Crippen LogP contribution in [0.25, 0.3) is 0 Å². The molecule has 6 heteroatoms. The van der Waals surface area contributed by atoms with Crippen molar-refractivity contribution in [2.24, 2.45) is 16.8 Å². The number of esters is 1. The third kappa shape index (κ3) is 6.64. The Kier molecular flexibility index (Phi) is 8.89. The Bertz CT molecular complexity index is 351. The van der Waals surface area contributed by atoms with Gasteiger partial charge in [0.15, 0.2) is 5.96 Å². The summed E-state index contributed by atoms with van der Waals surface area (Å²) in [5.74, 6) is 1.41. The molecule has 0 bridgehead atoms. The van der Waals surface area contributed by atoms with Gasteiger partial charge in [0.2, 0.25) is 0 Å². The third-order valence-corrected chi connectivity index (χ3v) is 3.61. The monoisotopic (exact) mass is 313 g/mol. The maximum absolute atomic E-state index is 11.7. The molecule has 1 aliphatic rings. The van der Waals surface area contributed by atoms with E-state index in [0.29, 0.717) is 19.1 Å². The highest BCUT2D eigenvalue weighted by Crippen LogP contribution is 2.18. The van der Waals surface area contributed by atoms with Crippen LogP contribution in [0.15, 0.2) is 4.99 Å². The number of likely N-dealkylation sites (tertiary alicyclic amines) is 1. The van der Waals surface area contributed by atoms with Crippen molar-refractivity contribution in [2.75, 3.05) is 46.5 Å². The average molecular weight is 313 g/mol. The molecule has 0 atom stereocenters. The first-order chi connectivity index (χ1) is 10.6. The maximum atomic E-state index is 11.7. The fraction of sp³-hybridized carbons (Fsp3) is 0.875. The lowest BCUT2D eigenvalue weighted by Gasteiger charge is -2.33. The van der Waals surface area contributed by atoms with E-state index in [1.54, 1.807) is 7.05 Å². The molecule has 1 rings (SSSR count). The van der Waals surface area contributed by atoms with Crippen molar-refractivity contribution >= 4 is 11.9 Å². The van der Waals surface area contributed by atoms with Gasteiger partial charge in [0.25, 0.3) is 0 Å². The molecule has 0 unspecified atom stereocenters. The van der Waals surface area contributed by atoms with Gasteiger partial charge in [-0.25, -0.2) is 0 Å². The van der Waals surface area contributed by atoms with E-state index < -0.39 is 0 Å². The summed E-state index contributed by atoms with van der Waals surface area (Å²) in [7, 11) is 1.79. The molecule has 0 spiro atoms.